The molecule has 4 nitrogen and oxygen atoms in total. The van der Waals surface area contributed by atoms with E-state index in [2.05, 4.69) is 22.5 Å². The van der Waals surface area contributed by atoms with Crippen LogP contribution in [-0.2, 0) is 0 Å². The lowest BCUT2D eigenvalue weighted by molar-refractivity contribution is 0.0947. The average Bonchev–Trinajstić information content (AvgIpc) is 3.09. The van der Waals surface area contributed by atoms with Gasteiger partial charge in [0.25, 0.3) is 5.91 Å². The van der Waals surface area contributed by atoms with E-state index in [9.17, 15) is 9.18 Å². The van der Waals surface area contributed by atoms with Gasteiger partial charge in [-0.15, -0.1) is 0 Å². The number of halogens is 1. The minimum atomic E-state index is -0.216. The summed E-state index contributed by atoms with van der Waals surface area (Å²) in [5, 5.41) is 6.20. The van der Waals surface area contributed by atoms with Gasteiger partial charge in [0.05, 0.1) is 5.69 Å². The number of nitrogens with zero attached hydrogens (tertiary/aromatic N) is 1. The number of hydrogen-bond donors (Lipinski definition) is 2. The standard InChI is InChI=1S/C24H24FN3O/c1-15-8-10-20(25)23-22(15)19(16(2)28-23)12-13-26-24(29)21-11-9-18(14-27-21)17-6-4-3-5-7-17/h3-11,14,16,19,28H,12-13H2,1-2H3,(H,26,29). The summed E-state index contributed by atoms with van der Waals surface area (Å²) in [6, 6.07) is 17.0. The van der Waals surface area contributed by atoms with Crippen LogP contribution in [0.1, 0.15) is 40.9 Å². The Bertz CT molecular complexity index is 1020. The summed E-state index contributed by atoms with van der Waals surface area (Å²) in [5.41, 5.74) is 5.14. The Kier molecular flexibility index (Phi) is 5.30. The van der Waals surface area contributed by atoms with E-state index in [4.69, 9.17) is 0 Å². The number of pyridine rings is 1. The second-order valence-electron chi connectivity index (χ2n) is 7.54. The molecule has 0 fully saturated rings. The first kappa shape index (κ1) is 19.1. The molecule has 2 aromatic carbocycles. The van der Waals surface area contributed by atoms with Gasteiger partial charge in [0.1, 0.15) is 11.5 Å². The maximum absolute atomic E-state index is 14.1. The molecule has 1 aliphatic rings. The molecule has 0 bridgehead atoms. The van der Waals surface area contributed by atoms with Gasteiger partial charge in [-0.05, 0) is 49.1 Å². The van der Waals surface area contributed by atoms with Crippen LogP contribution in [0.2, 0.25) is 0 Å². The van der Waals surface area contributed by atoms with E-state index >= 15 is 0 Å². The van der Waals surface area contributed by atoms with Crippen LogP contribution >= 0.6 is 0 Å². The SMILES string of the molecule is Cc1ccc(F)c2c1C(CCNC(=O)c1ccc(-c3ccccc3)cn1)C(C)N2. The van der Waals surface area contributed by atoms with Crippen LogP contribution in [0.15, 0.2) is 60.8 Å². The highest BCUT2D eigenvalue weighted by Gasteiger charge is 2.32. The Hall–Kier alpha value is -3.21. The Labute approximate surface area is 170 Å². The van der Waals surface area contributed by atoms with E-state index in [0.29, 0.717) is 17.9 Å². The predicted octanol–water partition coefficient (Wildman–Crippen LogP) is 4.91. The Balaban J connectivity index is 1.38. The maximum atomic E-state index is 14.1. The zero-order chi connectivity index (χ0) is 20.4. The van der Waals surface area contributed by atoms with Crippen LogP contribution in [0.5, 0.6) is 0 Å². The van der Waals surface area contributed by atoms with Crippen molar-refractivity contribution in [2.24, 2.45) is 0 Å². The summed E-state index contributed by atoms with van der Waals surface area (Å²) in [4.78, 5) is 16.8. The minimum absolute atomic E-state index is 0.126. The molecule has 1 aromatic heterocycles. The van der Waals surface area contributed by atoms with Crippen molar-refractivity contribution in [1.29, 1.82) is 0 Å². The van der Waals surface area contributed by atoms with Crippen molar-refractivity contribution in [1.82, 2.24) is 10.3 Å². The third kappa shape index (κ3) is 3.86. The lowest BCUT2D eigenvalue weighted by Gasteiger charge is -2.17. The van der Waals surface area contributed by atoms with Crippen molar-refractivity contribution in [3.8, 4) is 11.1 Å². The van der Waals surface area contributed by atoms with Gasteiger partial charge in [-0.1, -0.05) is 42.5 Å². The Morgan fingerprint density at radius 2 is 1.90 bits per heavy atom. The molecule has 0 saturated heterocycles. The second-order valence-corrected chi connectivity index (χ2v) is 7.54. The molecular weight excluding hydrogens is 365 g/mol. The number of aromatic nitrogens is 1. The number of amides is 1. The van der Waals surface area contributed by atoms with Gasteiger partial charge in [0.15, 0.2) is 0 Å². The van der Waals surface area contributed by atoms with Gasteiger partial charge in [-0.25, -0.2) is 4.39 Å². The maximum Gasteiger partial charge on any atom is 0.269 e. The molecule has 0 spiro atoms. The number of nitrogens with one attached hydrogen (secondary N) is 2. The van der Waals surface area contributed by atoms with Gasteiger partial charge in [0, 0.05) is 30.3 Å². The zero-order valence-corrected chi connectivity index (χ0v) is 16.6. The van der Waals surface area contributed by atoms with Crippen LogP contribution in [0.25, 0.3) is 11.1 Å². The molecule has 0 saturated carbocycles. The molecule has 4 rings (SSSR count). The van der Waals surface area contributed by atoms with E-state index in [1.54, 1.807) is 12.3 Å². The highest BCUT2D eigenvalue weighted by Crippen LogP contribution is 2.41. The molecule has 2 N–H and O–H groups in total. The third-order valence-corrected chi connectivity index (χ3v) is 5.60. The van der Waals surface area contributed by atoms with E-state index in [1.165, 1.54) is 6.07 Å². The Morgan fingerprint density at radius 1 is 1.10 bits per heavy atom. The lowest BCUT2D eigenvalue weighted by atomic mass is 9.89. The van der Waals surface area contributed by atoms with Crippen LogP contribution in [0, 0.1) is 12.7 Å². The molecule has 1 aliphatic heterocycles. The fourth-order valence-electron chi connectivity index (χ4n) is 4.06. The van der Waals surface area contributed by atoms with Gasteiger partial charge in [0.2, 0.25) is 0 Å². The molecule has 148 valence electrons. The number of carbonyl (C=O) groups is 1. The average molecular weight is 389 g/mol. The smallest absolute Gasteiger partial charge is 0.269 e. The summed E-state index contributed by atoms with van der Waals surface area (Å²) in [6.45, 7) is 4.56. The quantitative estimate of drug-likeness (QED) is 0.652. The first-order valence-electron chi connectivity index (χ1n) is 9.90. The van der Waals surface area contributed by atoms with Gasteiger partial charge >= 0.3 is 0 Å². The van der Waals surface area contributed by atoms with Crippen molar-refractivity contribution < 1.29 is 9.18 Å². The predicted molar refractivity (Wildman–Crippen MR) is 114 cm³/mol. The van der Waals surface area contributed by atoms with Crippen LogP contribution in [0.3, 0.4) is 0 Å². The second kappa shape index (κ2) is 8.03. The molecule has 2 atom stereocenters. The van der Waals surface area contributed by atoms with E-state index in [-0.39, 0.29) is 23.7 Å². The van der Waals surface area contributed by atoms with Gasteiger partial charge in [-0.2, -0.15) is 0 Å². The van der Waals surface area contributed by atoms with Crippen LogP contribution in [-0.4, -0.2) is 23.5 Å². The summed E-state index contributed by atoms with van der Waals surface area (Å²) in [7, 11) is 0. The molecule has 5 heteroatoms. The van der Waals surface area contributed by atoms with Crippen LogP contribution in [0.4, 0.5) is 10.1 Å². The number of anilines is 1. The summed E-state index contributed by atoms with van der Waals surface area (Å²) >= 11 is 0. The van der Waals surface area contributed by atoms with E-state index < -0.39 is 0 Å². The van der Waals surface area contributed by atoms with E-state index in [1.807, 2.05) is 49.4 Å². The van der Waals surface area contributed by atoms with E-state index in [0.717, 1.165) is 28.7 Å². The van der Waals surface area contributed by atoms with Crippen LogP contribution < -0.4 is 10.6 Å². The van der Waals surface area contributed by atoms with Gasteiger partial charge < -0.3 is 10.6 Å². The van der Waals surface area contributed by atoms with Crippen molar-refractivity contribution in [3.63, 3.8) is 0 Å². The normalized spacial score (nSPS) is 17.5. The lowest BCUT2D eigenvalue weighted by Crippen LogP contribution is -2.28. The largest absolute Gasteiger partial charge is 0.379 e. The fourth-order valence-corrected chi connectivity index (χ4v) is 4.06. The first-order valence-corrected chi connectivity index (χ1v) is 9.90. The highest BCUT2D eigenvalue weighted by atomic mass is 19.1. The minimum Gasteiger partial charge on any atom is -0.379 e. The zero-order valence-electron chi connectivity index (χ0n) is 16.6. The summed E-state index contributed by atoms with van der Waals surface area (Å²) < 4.78 is 14.1. The van der Waals surface area contributed by atoms with Crippen molar-refractivity contribution in [3.05, 3.63) is 83.4 Å². The molecule has 0 aliphatic carbocycles. The van der Waals surface area contributed by atoms with Crippen molar-refractivity contribution in [2.45, 2.75) is 32.2 Å². The number of hydrogen-bond acceptors (Lipinski definition) is 3. The molecule has 2 unspecified atom stereocenters. The number of aryl methyl sites for hydroxylation is 1. The topological polar surface area (TPSA) is 54.0 Å². The molecule has 1 amide bonds. The Morgan fingerprint density at radius 3 is 2.62 bits per heavy atom. The number of carbonyl (C=O) groups excluding carboxylic acids is 1. The summed E-state index contributed by atoms with van der Waals surface area (Å²) in [5.74, 6) is -0.250. The molecular formula is C24H24FN3O. The fraction of sp³-hybridized carbons (Fsp3) is 0.250. The van der Waals surface area contributed by atoms with Crippen molar-refractivity contribution in [2.75, 3.05) is 11.9 Å². The molecule has 0 radical (unpaired) electrons. The monoisotopic (exact) mass is 389 g/mol. The number of benzene rings is 2. The highest BCUT2D eigenvalue weighted by molar-refractivity contribution is 5.92. The third-order valence-electron chi connectivity index (χ3n) is 5.60. The number of rotatable bonds is 5. The van der Waals surface area contributed by atoms with Gasteiger partial charge in [-0.3, -0.25) is 9.78 Å². The molecule has 2 heterocycles. The first-order chi connectivity index (χ1) is 14.0. The number of fused-ring (bicyclic) bond motifs is 1. The molecule has 29 heavy (non-hydrogen) atoms. The molecule has 3 aromatic rings. The van der Waals surface area contributed by atoms with Crippen molar-refractivity contribution >= 4 is 11.6 Å². The summed E-state index contributed by atoms with van der Waals surface area (Å²) in [6.07, 6.45) is 2.45.